The van der Waals surface area contributed by atoms with Crippen LogP contribution >= 0.6 is 0 Å². The summed E-state index contributed by atoms with van der Waals surface area (Å²) in [5, 5.41) is 3.17. The lowest BCUT2D eigenvalue weighted by molar-refractivity contribution is -0.140. The van der Waals surface area contributed by atoms with E-state index in [9.17, 15) is 4.79 Å². The van der Waals surface area contributed by atoms with Crippen LogP contribution in [-0.2, 0) is 4.79 Å². The van der Waals surface area contributed by atoms with Crippen LogP contribution in [0.1, 0.15) is 20.3 Å². The van der Waals surface area contributed by atoms with Gasteiger partial charge in [-0.15, -0.1) is 0 Å². The van der Waals surface area contributed by atoms with Gasteiger partial charge in [-0.05, 0) is 18.9 Å². The molecular weight excluding hydrogens is 214 g/mol. The molecule has 0 saturated carbocycles. The Balaban J connectivity index is 1.90. The maximum absolute atomic E-state index is 12.2. The normalized spacial score (nSPS) is 31.0. The number of carbonyl (C=O) groups excluding carboxylic acids is 1. The largest absolute Gasteiger partial charge is 0.342 e. The second-order valence-electron chi connectivity index (χ2n) is 5.53. The Morgan fingerprint density at radius 1 is 1.47 bits per heavy atom. The summed E-state index contributed by atoms with van der Waals surface area (Å²) >= 11 is 0. The van der Waals surface area contributed by atoms with Crippen molar-refractivity contribution in [1.82, 2.24) is 15.1 Å². The van der Waals surface area contributed by atoms with Crippen molar-refractivity contribution in [2.45, 2.75) is 26.3 Å². The smallest absolute Gasteiger partial charge is 0.228 e. The SMILES string of the molecule is CCN1CCC(N(C)C(=O)C2CNC2)C(C)C1. The summed E-state index contributed by atoms with van der Waals surface area (Å²) in [5.74, 6) is 1.16. The first-order valence-corrected chi connectivity index (χ1v) is 6.83. The molecule has 2 saturated heterocycles. The zero-order valence-corrected chi connectivity index (χ0v) is 11.3. The van der Waals surface area contributed by atoms with Gasteiger partial charge in [0.2, 0.25) is 5.91 Å². The topological polar surface area (TPSA) is 35.6 Å². The summed E-state index contributed by atoms with van der Waals surface area (Å²) in [6, 6.07) is 0.436. The van der Waals surface area contributed by atoms with E-state index in [0.29, 0.717) is 17.9 Å². The summed E-state index contributed by atoms with van der Waals surface area (Å²) in [6.07, 6.45) is 1.12. The molecule has 2 heterocycles. The Morgan fingerprint density at radius 2 is 2.18 bits per heavy atom. The van der Waals surface area contributed by atoms with Crippen LogP contribution in [0.2, 0.25) is 0 Å². The highest BCUT2D eigenvalue weighted by atomic mass is 16.2. The van der Waals surface area contributed by atoms with Gasteiger partial charge in [0, 0.05) is 39.3 Å². The average molecular weight is 239 g/mol. The van der Waals surface area contributed by atoms with Gasteiger partial charge in [-0.1, -0.05) is 13.8 Å². The highest BCUT2D eigenvalue weighted by Crippen LogP contribution is 2.23. The van der Waals surface area contributed by atoms with Gasteiger partial charge in [-0.2, -0.15) is 0 Å². The molecule has 2 aliphatic heterocycles. The third-order valence-corrected chi connectivity index (χ3v) is 4.37. The standard InChI is InChI=1S/C13H25N3O/c1-4-16-6-5-12(10(2)9-16)15(3)13(17)11-7-14-8-11/h10-12,14H,4-9H2,1-3H3. The number of piperidine rings is 1. The van der Waals surface area contributed by atoms with Gasteiger partial charge in [0.05, 0.1) is 5.92 Å². The van der Waals surface area contributed by atoms with Crippen LogP contribution in [0.4, 0.5) is 0 Å². The third-order valence-electron chi connectivity index (χ3n) is 4.37. The van der Waals surface area contributed by atoms with Crippen LogP contribution in [0, 0.1) is 11.8 Å². The Labute approximate surface area is 104 Å². The molecule has 98 valence electrons. The van der Waals surface area contributed by atoms with Crippen molar-refractivity contribution in [2.24, 2.45) is 11.8 Å². The van der Waals surface area contributed by atoms with Crippen molar-refractivity contribution in [3.63, 3.8) is 0 Å². The average Bonchev–Trinajstić information content (AvgIpc) is 2.25. The van der Waals surface area contributed by atoms with E-state index in [1.807, 2.05) is 11.9 Å². The number of nitrogens with zero attached hydrogens (tertiary/aromatic N) is 2. The zero-order valence-electron chi connectivity index (χ0n) is 11.3. The van der Waals surface area contributed by atoms with Gasteiger partial charge in [-0.25, -0.2) is 0 Å². The number of hydrogen-bond acceptors (Lipinski definition) is 3. The summed E-state index contributed by atoms with van der Waals surface area (Å²) in [5.41, 5.74) is 0. The maximum Gasteiger partial charge on any atom is 0.228 e. The number of hydrogen-bond donors (Lipinski definition) is 1. The van der Waals surface area contributed by atoms with Crippen LogP contribution in [0.25, 0.3) is 0 Å². The van der Waals surface area contributed by atoms with Gasteiger partial charge < -0.3 is 15.1 Å². The number of rotatable bonds is 3. The van der Waals surface area contributed by atoms with Crippen molar-refractivity contribution in [3.05, 3.63) is 0 Å². The predicted molar refractivity (Wildman–Crippen MR) is 68.8 cm³/mol. The fraction of sp³-hybridized carbons (Fsp3) is 0.923. The van der Waals surface area contributed by atoms with Crippen LogP contribution in [0.3, 0.4) is 0 Å². The first kappa shape index (κ1) is 12.8. The highest BCUT2D eigenvalue weighted by molar-refractivity contribution is 5.80. The molecule has 0 radical (unpaired) electrons. The van der Waals surface area contributed by atoms with Crippen molar-refractivity contribution in [2.75, 3.05) is 39.8 Å². The molecule has 2 rings (SSSR count). The second-order valence-corrected chi connectivity index (χ2v) is 5.53. The molecule has 0 aromatic carbocycles. The minimum Gasteiger partial charge on any atom is -0.342 e. The van der Waals surface area contributed by atoms with E-state index in [4.69, 9.17) is 0 Å². The van der Waals surface area contributed by atoms with Crippen LogP contribution in [-0.4, -0.2) is 61.5 Å². The number of likely N-dealkylation sites (tertiary alicyclic amines) is 1. The lowest BCUT2D eigenvalue weighted by Crippen LogP contribution is -2.56. The van der Waals surface area contributed by atoms with Crippen molar-refractivity contribution in [1.29, 1.82) is 0 Å². The summed E-state index contributed by atoms with van der Waals surface area (Å²) in [6.45, 7) is 9.60. The van der Waals surface area contributed by atoms with Crippen LogP contribution in [0.15, 0.2) is 0 Å². The van der Waals surface area contributed by atoms with Gasteiger partial charge in [0.15, 0.2) is 0 Å². The second kappa shape index (κ2) is 5.36. The van der Waals surface area contributed by atoms with E-state index in [2.05, 4.69) is 24.1 Å². The van der Waals surface area contributed by atoms with Crippen molar-refractivity contribution < 1.29 is 4.79 Å². The van der Waals surface area contributed by atoms with Gasteiger partial charge in [-0.3, -0.25) is 4.79 Å². The van der Waals surface area contributed by atoms with E-state index in [1.165, 1.54) is 0 Å². The summed E-state index contributed by atoms with van der Waals surface area (Å²) < 4.78 is 0. The fourth-order valence-corrected chi connectivity index (χ4v) is 3.00. The molecule has 0 aliphatic carbocycles. The van der Waals surface area contributed by atoms with Gasteiger partial charge in [0.25, 0.3) is 0 Å². The van der Waals surface area contributed by atoms with Gasteiger partial charge >= 0.3 is 0 Å². The van der Waals surface area contributed by atoms with Crippen LogP contribution in [0.5, 0.6) is 0 Å². The minimum atomic E-state index is 0.233. The van der Waals surface area contributed by atoms with E-state index < -0.39 is 0 Å². The molecule has 0 aromatic heterocycles. The molecule has 2 atom stereocenters. The molecule has 2 fully saturated rings. The molecule has 1 N–H and O–H groups in total. The molecule has 0 bridgehead atoms. The maximum atomic E-state index is 12.2. The Kier molecular flexibility index (Phi) is 4.05. The van der Waals surface area contributed by atoms with Gasteiger partial charge in [0.1, 0.15) is 0 Å². The van der Waals surface area contributed by atoms with E-state index in [-0.39, 0.29) is 5.92 Å². The van der Waals surface area contributed by atoms with E-state index in [0.717, 1.165) is 39.1 Å². The molecule has 17 heavy (non-hydrogen) atoms. The minimum absolute atomic E-state index is 0.233. The predicted octanol–water partition coefficient (Wildman–Crippen LogP) is 0.395. The molecule has 2 aliphatic rings. The Hall–Kier alpha value is -0.610. The van der Waals surface area contributed by atoms with E-state index in [1.54, 1.807) is 0 Å². The molecule has 1 amide bonds. The fourth-order valence-electron chi connectivity index (χ4n) is 3.00. The quantitative estimate of drug-likeness (QED) is 0.774. The molecule has 4 heteroatoms. The van der Waals surface area contributed by atoms with Crippen molar-refractivity contribution >= 4 is 5.91 Å². The summed E-state index contributed by atoms with van der Waals surface area (Å²) in [4.78, 5) is 16.7. The molecule has 2 unspecified atom stereocenters. The third kappa shape index (κ3) is 2.63. The number of carbonyl (C=O) groups is 1. The van der Waals surface area contributed by atoms with E-state index >= 15 is 0 Å². The molecule has 0 spiro atoms. The Bertz CT molecular complexity index is 278. The zero-order chi connectivity index (χ0) is 12.4. The monoisotopic (exact) mass is 239 g/mol. The lowest BCUT2D eigenvalue weighted by atomic mass is 9.91. The molecule has 4 nitrogen and oxygen atoms in total. The molecule has 0 aromatic rings. The summed E-state index contributed by atoms with van der Waals surface area (Å²) in [7, 11) is 1.99. The van der Waals surface area contributed by atoms with Crippen molar-refractivity contribution in [3.8, 4) is 0 Å². The first-order chi connectivity index (χ1) is 8.13. The lowest BCUT2D eigenvalue weighted by Gasteiger charge is -2.43. The number of nitrogens with one attached hydrogen (secondary N) is 1. The molecular formula is C13H25N3O. The number of amides is 1. The Morgan fingerprint density at radius 3 is 2.65 bits per heavy atom. The highest BCUT2D eigenvalue weighted by Gasteiger charge is 2.35. The first-order valence-electron chi connectivity index (χ1n) is 6.83. The van der Waals surface area contributed by atoms with Crippen LogP contribution < -0.4 is 5.32 Å².